The second-order valence-electron chi connectivity index (χ2n) is 3.02. The monoisotopic (exact) mass is 164 g/mol. The van der Waals surface area contributed by atoms with Gasteiger partial charge in [0.1, 0.15) is 0 Å². The third-order valence-corrected chi connectivity index (χ3v) is 1.84. The minimum atomic E-state index is 0.553. The molecule has 0 aliphatic rings. The number of nitrogens with zero attached hydrogens (tertiary/aromatic N) is 1. The highest BCUT2D eigenvalue weighted by molar-refractivity contribution is 5.10. The molecule has 0 saturated heterocycles. The molecular formula is C10H16N2. The van der Waals surface area contributed by atoms with Crippen LogP contribution in [0.5, 0.6) is 0 Å². The molecule has 1 N–H and O–H groups in total. The van der Waals surface area contributed by atoms with Crippen molar-refractivity contribution < 1.29 is 0 Å². The van der Waals surface area contributed by atoms with Crippen molar-refractivity contribution in [2.24, 2.45) is 0 Å². The van der Waals surface area contributed by atoms with Crippen molar-refractivity contribution in [3.8, 4) is 0 Å². The molecule has 0 amide bonds. The van der Waals surface area contributed by atoms with Gasteiger partial charge in [-0.25, -0.2) is 0 Å². The lowest BCUT2D eigenvalue weighted by atomic mass is 10.1. The van der Waals surface area contributed by atoms with Gasteiger partial charge in [0.05, 0.1) is 0 Å². The molecule has 0 saturated carbocycles. The predicted octanol–water partition coefficient (Wildman–Crippen LogP) is 1.62. The van der Waals surface area contributed by atoms with Crippen molar-refractivity contribution >= 4 is 0 Å². The zero-order chi connectivity index (χ0) is 8.81. The zero-order valence-electron chi connectivity index (χ0n) is 7.75. The maximum absolute atomic E-state index is 3.98. The number of hydrogen-bond acceptors (Lipinski definition) is 2. The Hall–Kier alpha value is -0.890. The molecule has 0 radical (unpaired) electrons. The maximum Gasteiger partial charge on any atom is 0.0270 e. The first-order valence-corrected chi connectivity index (χ1v) is 4.45. The molecular weight excluding hydrogens is 148 g/mol. The zero-order valence-corrected chi connectivity index (χ0v) is 7.75. The van der Waals surface area contributed by atoms with Gasteiger partial charge in [-0.2, -0.15) is 0 Å². The van der Waals surface area contributed by atoms with E-state index in [4.69, 9.17) is 0 Å². The Kier molecular flexibility index (Phi) is 3.74. The van der Waals surface area contributed by atoms with Gasteiger partial charge in [-0.05, 0) is 37.6 Å². The van der Waals surface area contributed by atoms with Gasteiger partial charge in [-0.15, -0.1) is 0 Å². The van der Waals surface area contributed by atoms with E-state index < -0.39 is 0 Å². The van der Waals surface area contributed by atoms with E-state index in [1.807, 2.05) is 12.4 Å². The summed E-state index contributed by atoms with van der Waals surface area (Å²) in [5, 5.41) is 3.37. The van der Waals surface area contributed by atoms with Crippen molar-refractivity contribution in [1.29, 1.82) is 0 Å². The highest BCUT2D eigenvalue weighted by Gasteiger charge is 1.99. The van der Waals surface area contributed by atoms with Crippen LogP contribution in [-0.4, -0.2) is 17.6 Å². The van der Waals surface area contributed by atoms with Crippen molar-refractivity contribution in [3.05, 3.63) is 30.1 Å². The molecule has 1 unspecified atom stereocenters. The number of rotatable bonds is 4. The van der Waals surface area contributed by atoms with Crippen LogP contribution in [0, 0.1) is 0 Å². The van der Waals surface area contributed by atoms with Crippen LogP contribution >= 0.6 is 0 Å². The summed E-state index contributed by atoms with van der Waals surface area (Å²) in [6, 6.07) is 4.68. The van der Waals surface area contributed by atoms with Gasteiger partial charge < -0.3 is 5.32 Å². The van der Waals surface area contributed by atoms with E-state index in [9.17, 15) is 0 Å². The normalized spacial score (nSPS) is 12.8. The smallest absolute Gasteiger partial charge is 0.0270 e. The molecule has 0 aromatic carbocycles. The fourth-order valence-corrected chi connectivity index (χ4v) is 1.29. The lowest BCUT2D eigenvalue weighted by Crippen LogP contribution is -2.27. The Labute approximate surface area is 74.0 Å². The van der Waals surface area contributed by atoms with Crippen LogP contribution in [0.15, 0.2) is 24.5 Å². The first-order chi connectivity index (χ1) is 5.83. The van der Waals surface area contributed by atoms with Crippen molar-refractivity contribution in [2.45, 2.75) is 26.3 Å². The fraction of sp³-hybridized carbons (Fsp3) is 0.500. The van der Waals surface area contributed by atoms with E-state index in [1.165, 1.54) is 5.56 Å². The van der Waals surface area contributed by atoms with Gasteiger partial charge in [0, 0.05) is 18.4 Å². The molecule has 66 valence electrons. The molecule has 1 aromatic heterocycles. The number of pyridine rings is 1. The summed E-state index contributed by atoms with van der Waals surface area (Å²) in [7, 11) is 0. The Morgan fingerprint density at radius 2 is 2.08 bits per heavy atom. The van der Waals surface area contributed by atoms with Crippen LogP contribution in [0.3, 0.4) is 0 Å². The van der Waals surface area contributed by atoms with Crippen LogP contribution < -0.4 is 5.32 Å². The summed E-state index contributed by atoms with van der Waals surface area (Å²) in [5.74, 6) is 0. The van der Waals surface area contributed by atoms with E-state index >= 15 is 0 Å². The molecule has 0 bridgehead atoms. The Balaban J connectivity index is 2.41. The van der Waals surface area contributed by atoms with Crippen LogP contribution in [0.25, 0.3) is 0 Å². The summed E-state index contributed by atoms with van der Waals surface area (Å²) in [4.78, 5) is 3.98. The van der Waals surface area contributed by atoms with Crippen molar-refractivity contribution in [1.82, 2.24) is 10.3 Å². The standard InChI is InChI=1S/C10H16N2/c1-3-12-9(2)8-10-4-6-11-7-5-10/h4-7,9,12H,3,8H2,1-2H3. The number of hydrogen-bond donors (Lipinski definition) is 1. The Bertz CT molecular complexity index is 208. The summed E-state index contributed by atoms with van der Waals surface area (Å²) in [5.41, 5.74) is 1.35. The third-order valence-electron chi connectivity index (χ3n) is 1.84. The molecule has 1 heterocycles. The van der Waals surface area contributed by atoms with Gasteiger partial charge in [-0.3, -0.25) is 4.98 Å². The molecule has 1 rings (SSSR count). The molecule has 2 nitrogen and oxygen atoms in total. The van der Waals surface area contributed by atoms with Crippen molar-refractivity contribution in [2.75, 3.05) is 6.54 Å². The quantitative estimate of drug-likeness (QED) is 0.731. The SMILES string of the molecule is CCNC(C)Cc1ccncc1. The first-order valence-electron chi connectivity index (χ1n) is 4.45. The molecule has 2 heteroatoms. The second-order valence-corrected chi connectivity index (χ2v) is 3.02. The van der Waals surface area contributed by atoms with Gasteiger partial charge in [0.25, 0.3) is 0 Å². The largest absolute Gasteiger partial charge is 0.314 e. The first kappa shape index (κ1) is 9.20. The van der Waals surface area contributed by atoms with E-state index in [1.54, 1.807) is 0 Å². The van der Waals surface area contributed by atoms with Crippen LogP contribution in [-0.2, 0) is 6.42 Å². The van der Waals surface area contributed by atoms with Gasteiger partial charge in [0.2, 0.25) is 0 Å². The predicted molar refractivity (Wildman–Crippen MR) is 51.1 cm³/mol. The summed E-state index contributed by atoms with van der Waals surface area (Å²) < 4.78 is 0. The number of nitrogens with one attached hydrogen (secondary N) is 1. The summed E-state index contributed by atoms with van der Waals surface area (Å²) >= 11 is 0. The van der Waals surface area contributed by atoms with Crippen LogP contribution in [0.2, 0.25) is 0 Å². The summed E-state index contributed by atoms with van der Waals surface area (Å²) in [6.07, 6.45) is 4.76. The molecule has 0 fully saturated rings. The van der Waals surface area contributed by atoms with Crippen LogP contribution in [0.4, 0.5) is 0 Å². The van der Waals surface area contributed by atoms with E-state index in [0.717, 1.165) is 13.0 Å². The third kappa shape index (κ3) is 3.01. The molecule has 0 aliphatic carbocycles. The molecule has 1 atom stereocenters. The molecule has 1 aromatic rings. The van der Waals surface area contributed by atoms with Crippen LogP contribution in [0.1, 0.15) is 19.4 Å². The summed E-state index contributed by atoms with van der Waals surface area (Å²) in [6.45, 7) is 5.36. The molecule has 12 heavy (non-hydrogen) atoms. The minimum Gasteiger partial charge on any atom is -0.314 e. The van der Waals surface area contributed by atoms with Crippen molar-refractivity contribution in [3.63, 3.8) is 0 Å². The van der Waals surface area contributed by atoms with E-state index in [2.05, 4.69) is 36.3 Å². The Morgan fingerprint density at radius 3 is 2.67 bits per heavy atom. The van der Waals surface area contributed by atoms with E-state index in [-0.39, 0.29) is 0 Å². The lowest BCUT2D eigenvalue weighted by molar-refractivity contribution is 0.565. The topological polar surface area (TPSA) is 24.9 Å². The average Bonchev–Trinajstić information content (AvgIpc) is 2.06. The fourth-order valence-electron chi connectivity index (χ4n) is 1.29. The number of likely N-dealkylation sites (N-methyl/N-ethyl adjacent to an activating group) is 1. The lowest BCUT2D eigenvalue weighted by Gasteiger charge is -2.11. The van der Waals surface area contributed by atoms with Gasteiger partial charge in [-0.1, -0.05) is 6.92 Å². The Morgan fingerprint density at radius 1 is 1.42 bits per heavy atom. The molecule has 0 aliphatic heterocycles. The second kappa shape index (κ2) is 4.88. The molecule has 0 spiro atoms. The minimum absolute atomic E-state index is 0.553. The highest BCUT2D eigenvalue weighted by atomic mass is 14.9. The van der Waals surface area contributed by atoms with Gasteiger partial charge in [0.15, 0.2) is 0 Å². The van der Waals surface area contributed by atoms with Gasteiger partial charge >= 0.3 is 0 Å². The average molecular weight is 164 g/mol. The highest BCUT2D eigenvalue weighted by Crippen LogP contribution is 2.00. The number of aromatic nitrogens is 1. The van der Waals surface area contributed by atoms with E-state index in [0.29, 0.717) is 6.04 Å². The maximum atomic E-state index is 3.98.